The topological polar surface area (TPSA) is 88.4 Å². The molecule has 6 heteroatoms. The molecule has 0 radical (unpaired) electrons. The number of amides is 1. The van der Waals surface area contributed by atoms with Crippen LogP contribution in [0.3, 0.4) is 0 Å². The van der Waals surface area contributed by atoms with E-state index in [4.69, 9.17) is 14.7 Å². The smallest absolute Gasteiger partial charge is 0.408 e. The van der Waals surface area contributed by atoms with Crippen LogP contribution in [0.2, 0.25) is 0 Å². The summed E-state index contributed by atoms with van der Waals surface area (Å²) in [5, 5.41) is 11.7. The number of alkyl carbamates (subject to hydrolysis) is 1. The monoisotopic (exact) mass is 324 g/mol. The van der Waals surface area contributed by atoms with Crippen molar-refractivity contribution >= 4 is 12.1 Å². The van der Waals surface area contributed by atoms with Gasteiger partial charge in [0.1, 0.15) is 11.2 Å². The Morgan fingerprint density at radius 2 is 1.61 bits per heavy atom. The van der Waals surface area contributed by atoms with Gasteiger partial charge in [-0.3, -0.25) is 0 Å². The lowest BCUT2D eigenvalue weighted by Crippen LogP contribution is -2.57. The van der Waals surface area contributed by atoms with Crippen molar-refractivity contribution in [3.63, 3.8) is 0 Å². The van der Waals surface area contributed by atoms with Crippen LogP contribution in [-0.2, 0) is 14.3 Å². The maximum absolute atomic E-state index is 12.6. The highest BCUT2D eigenvalue weighted by molar-refractivity contribution is 5.86. The second-order valence-corrected chi connectivity index (χ2v) is 7.32. The van der Waals surface area contributed by atoms with Crippen LogP contribution >= 0.6 is 0 Å². The largest absolute Gasteiger partial charge is 0.458 e. The van der Waals surface area contributed by atoms with Crippen molar-refractivity contribution in [1.29, 1.82) is 5.26 Å². The predicted molar refractivity (Wildman–Crippen MR) is 87.6 cm³/mol. The zero-order valence-corrected chi connectivity index (χ0v) is 15.1. The summed E-state index contributed by atoms with van der Waals surface area (Å²) in [7, 11) is 0. The van der Waals surface area contributed by atoms with E-state index in [0.717, 1.165) is 0 Å². The van der Waals surface area contributed by atoms with E-state index in [-0.39, 0.29) is 12.8 Å². The van der Waals surface area contributed by atoms with Gasteiger partial charge in [0.25, 0.3) is 0 Å². The first-order chi connectivity index (χ1) is 10.4. The number of hydrogen-bond acceptors (Lipinski definition) is 5. The molecule has 0 fully saturated rings. The average molecular weight is 324 g/mol. The molecule has 6 nitrogen and oxygen atoms in total. The van der Waals surface area contributed by atoms with Gasteiger partial charge in [-0.05, 0) is 48.5 Å². The van der Waals surface area contributed by atoms with E-state index in [1.807, 2.05) is 6.07 Å². The lowest BCUT2D eigenvalue weighted by molar-refractivity contribution is -0.163. The fourth-order valence-electron chi connectivity index (χ4n) is 1.70. The number of esters is 1. The van der Waals surface area contributed by atoms with Gasteiger partial charge in [0.05, 0.1) is 12.5 Å². The lowest BCUT2D eigenvalue weighted by Gasteiger charge is -2.33. The number of allylic oxidation sites excluding steroid dienone is 1. The van der Waals surface area contributed by atoms with Gasteiger partial charge in [0.2, 0.25) is 0 Å². The van der Waals surface area contributed by atoms with Crippen molar-refractivity contribution in [3.8, 4) is 6.07 Å². The molecule has 0 aliphatic carbocycles. The Balaban J connectivity index is 5.53. The minimum atomic E-state index is -1.48. The number of nitrogens with one attached hydrogen (secondary N) is 1. The summed E-state index contributed by atoms with van der Waals surface area (Å²) in [6.45, 7) is 12.1. The van der Waals surface area contributed by atoms with Crippen molar-refractivity contribution in [3.05, 3.63) is 12.2 Å². The predicted octanol–water partition coefficient (Wildman–Crippen LogP) is 3.47. The summed E-state index contributed by atoms with van der Waals surface area (Å²) in [6, 6.07) is 1.95. The van der Waals surface area contributed by atoms with Gasteiger partial charge in [-0.25, -0.2) is 9.59 Å². The van der Waals surface area contributed by atoms with E-state index >= 15 is 0 Å². The van der Waals surface area contributed by atoms with Gasteiger partial charge in [-0.15, -0.1) is 0 Å². The Bertz CT molecular complexity index is 492. The highest BCUT2D eigenvalue weighted by Gasteiger charge is 2.43. The van der Waals surface area contributed by atoms with Gasteiger partial charge < -0.3 is 14.8 Å². The van der Waals surface area contributed by atoms with Crippen LogP contribution in [0.25, 0.3) is 0 Å². The van der Waals surface area contributed by atoms with Crippen molar-refractivity contribution in [1.82, 2.24) is 5.32 Å². The summed E-state index contributed by atoms with van der Waals surface area (Å²) in [6.07, 6.45) is 2.62. The van der Waals surface area contributed by atoms with Crippen LogP contribution in [0.4, 0.5) is 4.79 Å². The fourth-order valence-corrected chi connectivity index (χ4v) is 1.70. The van der Waals surface area contributed by atoms with Crippen LogP contribution in [-0.4, -0.2) is 28.8 Å². The quantitative estimate of drug-likeness (QED) is 0.618. The Morgan fingerprint density at radius 3 is 2.00 bits per heavy atom. The van der Waals surface area contributed by atoms with E-state index in [1.54, 1.807) is 60.6 Å². The van der Waals surface area contributed by atoms with Gasteiger partial charge in [-0.1, -0.05) is 12.2 Å². The molecule has 130 valence electrons. The second-order valence-electron chi connectivity index (χ2n) is 7.32. The molecule has 1 N–H and O–H groups in total. The molecule has 0 heterocycles. The molecule has 0 aliphatic rings. The molecule has 0 saturated carbocycles. The molecule has 1 atom stereocenters. The molecular formula is C17H28N2O4. The Hall–Kier alpha value is -2.03. The van der Waals surface area contributed by atoms with Crippen LogP contribution in [0, 0.1) is 11.3 Å². The number of rotatable bonds is 5. The molecular weight excluding hydrogens is 296 g/mol. The second kappa shape index (κ2) is 8.00. The third-order valence-corrected chi connectivity index (χ3v) is 2.61. The molecule has 0 aliphatic heterocycles. The average Bonchev–Trinajstić information content (AvgIpc) is 2.31. The summed E-state index contributed by atoms with van der Waals surface area (Å²) in [4.78, 5) is 24.7. The van der Waals surface area contributed by atoms with E-state index in [9.17, 15) is 9.59 Å². The van der Waals surface area contributed by atoms with Gasteiger partial charge in [0.15, 0.2) is 5.54 Å². The number of carbonyl (C=O) groups excluding carboxylic acids is 2. The minimum absolute atomic E-state index is 0.144. The molecule has 0 saturated heterocycles. The first-order valence-electron chi connectivity index (χ1n) is 7.58. The molecule has 0 spiro atoms. The third-order valence-electron chi connectivity index (χ3n) is 2.61. The number of hydrogen-bond donors (Lipinski definition) is 1. The third kappa shape index (κ3) is 8.24. The number of ether oxygens (including phenoxy) is 2. The molecule has 0 rings (SSSR count). The van der Waals surface area contributed by atoms with Gasteiger partial charge in [0, 0.05) is 6.42 Å². The highest BCUT2D eigenvalue weighted by atomic mass is 16.6. The van der Waals surface area contributed by atoms with Crippen LogP contribution < -0.4 is 5.32 Å². The molecule has 0 aromatic rings. The standard InChI is InChI=1S/C17H28N2O4/c1-8-9-10-17(11-12-18,13(20)22-15(2,3)4)19-14(21)23-16(5,6)7/h8-9H,10-11H2,1-7H3,(H,19,21)/b9-8+. The maximum Gasteiger partial charge on any atom is 0.408 e. The van der Waals surface area contributed by atoms with Crippen molar-refractivity contribution in [2.45, 2.75) is 78.0 Å². The van der Waals surface area contributed by atoms with Crippen LogP contribution in [0.5, 0.6) is 0 Å². The molecule has 1 unspecified atom stereocenters. The molecule has 1 amide bonds. The number of carbonyl (C=O) groups is 2. The van der Waals surface area contributed by atoms with E-state index < -0.39 is 28.8 Å². The molecule has 0 aromatic heterocycles. The Morgan fingerprint density at radius 1 is 1.09 bits per heavy atom. The van der Waals surface area contributed by atoms with E-state index in [2.05, 4.69) is 5.32 Å². The van der Waals surface area contributed by atoms with Crippen LogP contribution in [0.15, 0.2) is 12.2 Å². The van der Waals surface area contributed by atoms with Crippen molar-refractivity contribution < 1.29 is 19.1 Å². The lowest BCUT2D eigenvalue weighted by atomic mass is 9.91. The van der Waals surface area contributed by atoms with Gasteiger partial charge >= 0.3 is 12.1 Å². The van der Waals surface area contributed by atoms with Crippen LogP contribution in [0.1, 0.15) is 61.3 Å². The Labute approximate surface area is 138 Å². The summed E-state index contributed by atoms with van der Waals surface area (Å²) in [5.74, 6) is -0.657. The summed E-state index contributed by atoms with van der Waals surface area (Å²) < 4.78 is 10.6. The zero-order chi connectivity index (χ0) is 18.3. The maximum atomic E-state index is 12.6. The van der Waals surface area contributed by atoms with Crippen molar-refractivity contribution in [2.75, 3.05) is 0 Å². The molecule has 0 bridgehead atoms. The summed E-state index contributed by atoms with van der Waals surface area (Å²) in [5.41, 5.74) is -2.92. The zero-order valence-electron chi connectivity index (χ0n) is 15.1. The van der Waals surface area contributed by atoms with Gasteiger partial charge in [-0.2, -0.15) is 5.26 Å². The Kier molecular flexibility index (Phi) is 7.29. The van der Waals surface area contributed by atoms with E-state index in [0.29, 0.717) is 0 Å². The normalized spacial score (nSPS) is 14.7. The fraction of sp³-hybridized carbons (Fsp3) is 0.706. The summed E-state index contributed by atoms with van der Waals surface area (Å²) >= 11 is 0. The minimum Gasteiger partial charge on any atom is -0.458 e. The number of nitriles is 1. The van der Waals surface area contributed by atoms with E-state index in [1.165, 1.54) is 0 Å². The SMILES string of the molecule is C/C=C/CC(CC#N)(NC(=O)OC(C)(C)C)C(=O)OC(C)(C)C. The highest BCUT2D eigenvalue weighted by Crippen LogP contribution is 2.23. The molecule has 23 heavy (non-hydrogen) atoms. The number of nitrogens with zero attached hydrogens (tertiary/aromatic N) is 1. The first-order valence-corrected chi connectivity index (χ1v) is 7.58. The van der Waals surface area contributed by atoms with Crippen molar-refractivity contribution in [2.24, 2.45) is 0 Å². The first kappa shape index (κ1) is 21.0. The molecule has 0 aromatic carbocycles.